The van der Waals surface area contributed by atoms with Crippen LogP contribution in [0.2, 0.25) is 0 Å². The molecule has 1 heterocycles. The van der Waals surface area contributed by atoms with Gasteiger partial charge in [0, 0.05) is 19.5 Å². The number of fused-ring (bicyclic) bond motifs is 5. The Morgan fingerprint density at radius 3 is 2.57 bits per heavy atom. The Labute approximate surface area is 142 Å². The number of piperidine rings is 1. The number of amides is 1. The van der Waals surface area contributed by atoms with E-state index in [4.69, 9.17) is 0 Å². The molecule has 3 aliphatic carbocycles. The van der Waals surface area contributed by atoms with Crippen LogP contribution in [0.3, 0.4) is 0 Å². The number of hydrogen-bond acceptors (Lipinski definition) is 1. The summed E-state index contributed by atoms with van der Waals surface area (Å²) in [5, 5.41) is 0. The lowest BCUT2D eigenvalue weighted by atomic mass is 9.45. The van der Waals surface area contributed by atoms with Gasteiger partial charge in [0.05, 0.1) is 0 Å². The van der Waals surface area contributed by atoms with E-state index in [2.05, 4.69) is 39.6 Å². The highest BCUT2D eigenvalue weighted by molar-refractivity contribution is 5.77. The normalized spacial score (nSPS) is 56.0. The Morgan fingerprint density at radius 1 is 1.09 bits per heavy atom. The lowest BCUT2D eigenvalue weighted by molar-refractivity contribution is -0.164. The molecular weight excluding hydrogens is 282 g/mol. The highest BCUT2D eigenvalue weighted by Gasteiger charge is 2.61. The monoisotopic (exact) mass is 317 g/mol. The summed E-state index contributed by atoms with van der Waals surface area (Å²) in [6.45, 7) is 10.1. The van der Waals surface area contributed by atoms with Crippen molar-refractivity contribution in [3.63, 3.8) is 0 Å². The summed E-state index contributed by atoms with van der Waals surface area (Å²) in [5.74, 6) is 4.76. The SMILES string of the molecule is C[C@@H]1CC2C3C(CC[C@]2(C)C1)[C@@]1(C)CCC(=O)N(C)C1C[C@@H]3C. The van der Waals surface area contributed by atoms with E-state index in [0.717, 1.165) is 42.4 Å². The van der Waals surface area contributed by atoms with Crippen LogP contribution in [0.4, 0.5) is 0 Å². The highest BCUT2D eigenvalue weighted by Crippen LogP contribution is 2.66. The topological polar surface area (TPSA) is 20.3 Å². The molecule has 23 heavy (non-hydrogen) atoms. The van der Waals surface area contributed by atoms with E-state index in [0.29, 0.717) is 22.8 Å². The first-order chi connectivity index (χ1) is 10.8. The molecule has 130 valence electrons. The standard InChI is InChI=1S/C21H35NO/c1-13-10-16-19-14(2)11-17-21(4,9-7-18(23)22(17)5)15(19)6-8-20(16,3)12-13/h13-17,19H,6-12H2,1-5H3/t13-,14+,15?,16?,17?,19?,20-,21-/m1/s1. The van der Waals surface area contributed by atoms with Gasteiger partial charge in [0.1, 0.15) is 0 Å². The number of carbonyl (C=O) groups excluding carboxylic acids is 1. The van der Waals surface area contributed by atoms with E-state index in [9.17, 15) is 4.79 Å². The maximum absolute atomic E-state index is 12.3. The summed E-state index contributed by atoms with van der Waals surface area (Å²) in [4.78, 5) is 14.4. The van der Waals surface area contributed by atoms with Gasteiger partial charge < -0.3 is 4.90 Å². The second-order valence-corrected chi connectivity index (χ2v) is 10.3. The summed E-state index contributed by atoms with van der Waals surface area (Å²) in [7, 11) is 2.07. The molecule has 4 rings (SSSR count). The summed E-state index contributed by atoms with van der Waals surface area (Å²) in [5.41, 5.74) is 0.974. The summed E-state index contributed by atoms with van der Waals surface area (Å²) in [6, 6.07) is 0.489. The van der Waals surface area contributed by atoms with Crippen molar-refractivity contribution in [2.24, 2.45) is 40.4 Å². The second kappa shape index (κ2) is 4.99. The quantitative estimate of drug-likeness (QED) is 0.632. The van der Waals surface area contributed by atoms with E-state index in [-0.39, 0.29) is 0 Å². The Balaban J connectivity index is 1.70. The van der Waals surface area contributed by atoms with Gasteiger partial charge in [-0.05, 0) is 78.9 Å². The molecule has 1 aliphatic heterocycles. The number of nitrogens with zero attached hydrogens (tertiary/aromatic N) is 1. The second-order valence-electron chi connectivity index (χ2n) is 10.3. The minimum absolute atomic E-state index is 0.368. The molecular formula is C21H35NO. The van der Waals surface area contributed by atoms with Gasteiger partial charge in [0.25, 0.3) is 0 Å². The molecule has 4 unspecified atom stereocenters. The third-order valence-electron chi connectivity index (χ3n) is 8.92. The molecule has 2 heteroatoms. The smallest absolute Gasteiger partial charge is 0.222 e. The van der Waals surface area contributed by atoms with E-state index >= 15 is 0 Å². The molecule has 3 saturated carbocycles. The molecule has 0 radical (unpaired) electrons. The number of likely N-dealkylation sites (tertiary alicyclic amines) is 1. The fourth-order valence-corrected chi connectivity index (χ4v) is 7.88. The Kier molecular flexibility index (Phi) is 3.46. The zero-order valence-corrected chi connectivity index (χ0v) is 15.8. The van der Waals surface area contributed by atoms with E-state index < -0.39 is 0 Å². The van der Waals surface area contributed by atoms with Crippen LogP contribution in [0.5, 0.6) is 0 Å². The van der Waals surface area contributed by atoms with E-state index in [1.807, 2.05) is 0 Å². The highest BCUT2D eigenvalue weighted by atomic mass is 16.2. The van der Waals surface area contributed by atoms with Crippen molar-refractivity contribution in [3.8, 4) is 0 Å². The molecule has 0 spiro atoms. The molecule has 0 bridgehead atoms. The van der Waals surface area contributed by atoms with Gasteiger partial charge in [-0.3, -0.25) is 4.79 Å². The van der Waals surface area contributed by atoms with Crippen LogP contribution in [-0.2, 0) is 4.79 Å². The lowest BCUT2D eigenvalue weighted by Crippen LogP contribution is -2.62. The lowest BCUT2D eigenvalue weighted by Gasteiger charge is -2.63. The maximum Gasteiger partial charge on any atom is 0.222 e. The third-order valence-corrected chi connectivity index (χ3v) is 8.92. The first kappa shape index (κ1) is 16.0. The average Bonchev–Trinajstić information content (AvgIpc) is 2.80. The Morgan fingerprint density at radius 2 is 1.83 bits per heavy atom. The predicted octanol–water partition coefficient (Wildman–Crippen LogP) is 4.73. The van der Waals surface area contributed by atoms with Crippen LogP contribution in [0.25, 0.3) is 0 Å². The molecule has 0 N–H and O–H groups in total. The van der Waals surface area contributed by atoms with Crippen molar-refractivity contribution in [3.05, 3.63) is 0 Å². The van der Waals surface area contributed by atoms with Crippen molar-refractivity contribution in [1.82, 2.24) is 4.90 Å². The van der Waals surface area contributed by atoms with Crippen LogP contribution in [-0.4, -0.2) is 23.9 Å². The van der Waals surface area contributed by atoms with Crippen LogP contribution >= 0.6 is 0 Å². The van der Waals surface area contributed by atoms with Gasteiger partial charge in [-0.1, -0.05) is 27.7 Å². The van der Waals surface area contributed by atoms with Gasteiger partial charge in [-0.25, -0.2) is 0 Å². The minimum Gasteiger partial charge on any atom is -0.342 e. The van der Waals surface area contributed by atoms with Crippen molar-refractivity contribution < 1.29 is 4.79 Å². The summed E-state index contributed by atoms with van der Waals surface area (Å²) in [6.07, 6.45) is 8.89. The number of carbonyl (C=O) groups is 1. The van der Waals surface area contributed by atoms with Crippen LogP contribution < -0.4 is 0 Å². The Hall–Kier alpha value is -0.530. The molecule has 0 aromatic heterocycles. The average molecular weight is 318 g/mol. The molecule has 0 aromatic carbocycles. The molecule has 1 amide bonds. The van der Waals surface area contributed by atoms with Crippen molar-refractivity contribution in [1.29, 1.82) is 0 Å². The molecule has 0 aromatic rings. The zero-order valence-electron chi connectivity index (χ0n) is 15.8. The van der Waals surface area contributed by atoms with E-state index in [1.165, 1.54) is 32.1 Å². The number of hydrogen-bond donors (Lipinski definition) is 0. The van der Waals surface area contributed by atoms with Crippen LogP contribution in [0.15, 0.2) is 0 Å². The maximum atomic E-state index is 12.3. The zero-order chi connectivity index (χ0) is 16.6. The molecule has 4 aliphatic rings. The van der Waals surface area contributed by atoms with Gasteiger partial charge in [0.15, 0.2) is 0 Å². The minimum atomic E-state index is 0.368. The molecule has 8 atom stereocenters. The fraction of sp³-hybridized carbons (Fsp3) is 0.952. The van der Waals surface area contributed by atoms with Crippen LogP contribution in [0.1, 0.15) is 72.6 Å². The molecule has 2 nitrogen and oxygen atoms in total. The van der Waals surface area contributed by atoms with Crippen molar-refractivity contribution >= 4 is 5.91 Å². The first-order valence-electron chi connectivity index (χ1n) is 10.0. The molecule has 1 saturated heterocycles. The van der Waals surface area contributed by atoms with Gasteiger partial charge in [0.2, 0.25) is 5.91 Å². The first-order valence-corrected chi connectivity index (χ1v) is 10.0. The van der Waals surface area contributed by atoms with Crippen molar-refractivity contribution in [2.45, 2.75) is 78.7 Å². The fourth-order valence-electron chi connectivity index (χ4n) is 7.88. The van der Waals surface area contributed by atoms with E-state index in [1.54, 1.807) is 0 Å². The number of rotatable bonds is 0. The van der Waals surface area contributed by atoms with Crippen molar-refractivity contribution in [2.75, 3.05) is 7.05 Å². The Bertz CT molecular complexity index is 516. The van der Waals surface area contributed by atoms with Gasteiger partial charge in [-0.2, -0.15) is 0 Å². The third kappa shape index (κ3) is 2.09. The molecule has 4 fully saturated rings. The largest absolute Gasteiger partial charge is 0.342 e. The predicted molar refractivity (Wildman–Crippen MR) is 93.9 cm³/mol. The summed E-state index contributed by atoms with van der Waals surface area (Å²) < 4.78 is 0. The van der Waals surface area contributed by atoms with Gasteiger partial charge in [-0.15, -0.1) is 0 Å². The van der Waals surface area contributed by atoms with Gasteiger partial charge >= 0.3 is 0 Å². The van der Waals surface area contributed by atoms with Crippen LogP contribution in [0, 0.1) is 40.4 Å². The summed E-state index contributed by atoms with van der Waals surface area (Å²) >= 11 is 0.